The average molecular weight is 539 g/mol. The first-order chi connectivity index (χ1) is 18.3. The van der Waals surface area contributed by atoms with Gasteiger partial charge in [-0.15, -0.1) is 0 Å². The van der Waals surface area contributed by atoms with Gasteiger partial charge in [0.05, 0.1) is 23.1 Å². The minimum atomic E-state index is -4.34. The number of halogens is 1. The zero-order valence-corrected chi connectivity index (χ0v) is 21.1. The van der Waals surface area contributed by atoms with Crippen LogP contribution in [0.1, 0.15) is 21.5 Å². The summed E-state index contributed by atoms with van der Waals surface area (Å²) in [6, 6.07) is 16.0. The Morgan fingerprint density at radius 3 is 2.39 bits per heavy atom. The highest BCUT2D eigenvalue weighted by molar-refractivity contribution is 7.89. The number of sulfonamides is 1. The largest absolute Gasteiger partial charge is 0.486 e. The summed E-state index contributed by atoms with van der Waals surface area (Å²) in [4.78, 5) is 27.9. The number of aromatic nitrogens is 1. The Bertz CT molecular complexity index is 1680. The molecule has 11 heteroatoms. The third-order valence-electron chi connectivity index (χ3n) is 6.11. The molecule has 1 aromatic heterocycles. The third kappa shape index (κ3) is 4.98. The Balaban J connectivity index is 1.59. The van der Waals surface area contributed by atoms with Crippen molar-refractivity contribution < 1.29 is 31.8 Å². The molecule has 0 radical (unpaired) electrons. The number of pyridine rings is 1. The zero-order valence-electron chi connectivity index (χ0n) is 20.3. The van der Waals surface area contributed by atoms with Gasteiger partial charge >= 0.3 is 5.97 Å². The number of aromatic amines is 1. The van der Waals surface area contributed by atoms with Crippen molar-refractivity contribution in [2.24, 2.45) is 0 Å². The number of hydrogen-bond acceptors (Lipinski definition) is 7. The highest BCUT2D eigenvalue weighted by atomic mass is 32.2. The van der Waals surface area contributed by atoms with E-state index >= 15 is 0 Å². The van der Waals surface area contributed by atoms with E-state index < -0.39 is 27.4 Å². The molecule has 0 bridgehead atoms. The number of benzene rings is 3. The van der Waals surface area contributed by atoms with Gasteiger partial charge in [-0.05, 0) is 42.0 Å². The molecule has 0 aliphatic carbocycles. The molecule has 196 valence electrons. The standard InChI is InChI=1S/C27H23FN2O7S/c1-35-27(32)21-4-2-3-5-25(21)38(33,34)30(15-17-6-8-20(28)9-7-17)16-19-12-18-13-23-24(37-11-10-36-23)14-22(18)29-26(19)31/h2-9,12-14H,10-11,15-16H2,1H3,(H,29,31). The summed E-state index contributed by atoms with van der Waals surface area (Å²) in [6.45, 7) is 0.272. The average Bonchev–Trinajstić information content (AvgIpc) is 2.92. The number of methoxy groups -OCH3 is 1. The van der Waals surface area contributed by atoms with Gasteiger partial charge < -0.3 is 19.2 Å². The number of nitrogens with zero attached hydrogens (tertiary/aromatic N) is 1. The van der Waals surface area contributed by atoms with Crippen molar-refractivity contribution in [2.75, 3.05) is 20.3 Å². The molecule has 5 rings (SSSR count). The van der Waals surface area contributed by atoms with Crippen LogP contribution in [0.25, 0.3) is 10.9 Å². The quantitative estimate of drug-likeness (QED) is 0.358. The zero-order chi connectivity index (χ0) is 26.9. The summed E-state index contributed by atoms with van der Waals surface area (Å²) >= 11 is 0. The molecule has 0 spiro atoms. The maximum Gasteiger partial charge on any atom is 0.339 e. The first kappa shape index (κ1) is 25.4. The number of hydrogen-bond donors (Lipinski definition) is 1. The van der Waals surface area contributed by atoms with Gasteiger partial charge in [0.2, 0.25) is 10.0 Å². The minimum absolute atomic E-state index is 0.143. The number of nitrogens with one attached hydrogen (secondary N) is 1. The van der Waals surface area contributed by atoms with Crippen LogP contribution in [0.5, 0.6) is 11.5 Å². The monoisotopic (exact) mass is 538 g/mol. The van der Waals surface area contributed by atoms with E-state index in [-0.39, 0.29) is 29.1 Å². The second-order valence-corrected chi connectivity index (χ2v) is 10.5. The van der Waals surface area contributed by atoms with Crippen molar-refractivity contribution in [3.63, 3.8) is 0 Å². The highest BCUT2D eigenvalue weighted by Gasteiger charge is 2.30. The number of ether oxygens (including phenoxy) is 3. The van der Waals surface area contributed by atoms with Crippen LogP contribution < -0.4 is 15.0 Å². The van der Waals surface area contributed by atoms with Crippen LogP contribution in [0.4, 0.5) is 4.39 Å². The SMILES string of the molecule is COC(=O)c1ccccc1S(=O)(=O)N(Cc1ccc(F)cc1)Cc1cc2cc3c(cc2[nH]c1=O)OCCO3. The van der Waals surface area contributed by atoms with Gasteiger partial charge in [-0.2, -0.15) is 4.31 Å². The van der Waals surface area contributed by atoms with Crippen molar-refractivity contribution >= 4 is 26.9 Å². The first-order valence-corrected chi connectivity index (χ1v) is 13.1. The Labute approximate surface area is 217 Å². The molecule has 4 aromatic rings. The lowest BCUT2D eigenvalue weighted by Gasteiger charge is -2.24. The lowest BCUT2D eigenvalue weighted by atomic mass is 10.1. The maximum absolute atomic E-state index is 13.9. The normalized spacial score (nSPS) is 13.0. The summed E-state index contributed by atoms with van der Waals surface area (Å²) in [5.74, 6) is -0.266. The van der Waals surface area contributed by atoms with E-state index in [1.54, 1.807) is 18.2 Å². The maximum atomic E-state index is 13.9. The van der Waals surface area contributed by atoms with Crippen LogP contribution in [0.3, 0.4) is 0 Å². The molecular weight excluding hydrogens is 515 g/mol. The Morgan fingerprint density at radius 1 is 1.00 bits per heavy atom. The lowest BCUT2D eigenvalue weighted by molar-refractivity contribution is 0.0596. The molecule has 2 heterocycles. The molecule has 0 atom stereocenters. The third-order valence-corrected chi connectivity index (χ3v) is 7.96. The lowest BCUT2D eigenvalue weighted by Crippen LogP contribution is -2.33. The number of fused-ring (bicyclic) bond motifs is 2. The highest BCUT2D eigenvalue weighted by Crippen LogP contribution is 2.34. The van der Waals surface area contributed by atoms with Gasteiger partial charge in [0.1, 0.15) is 19.0 Å². The predicted molar refractivity (Wildman–Crippen MR) is 136 cm³/mol. The fourth-order valence-electron chi connectivity index (χ4n) is 4.22. The number of H-pyrrole nitrogens is 1. The molecule has 0 saturated heterocycles. The number of carbonyl (C=O) groups excluding carboxylic acids is 1. The summed E-state index contributed by atoms with van der Waals surface area (Å²) in [7, 11) is -3.18. The van der Waals surface area contributed by atoms with Crippen molar-refractivity contribution in [2.45, 2.75) is 18.0 Å². The van der Waals surface area contributed by atoms with E-state index in [1.165, 1.54) is 48.5 Å². The van der Waals surface area contributed by atoms with Crippen LogP contribution in [0.2, 0.25) is 0 Å². The van der Waals surface area contributed by atoms with E-state index in [2.05, 4.69) is 4.98 Å². The molecule has 0 unspecified atom stereocenters. The van der Waals surface area contributed by atoms with Gasteiger partial charge in [0.25, 0.3) is 5.56 Å². The Morgan fingerprint density at radius 2 is 1.68 bits per heavy atom. The van der Waals surface area contributed by atoms with Gasteiger partial charge in [-0.1, -0.05) is 24.3 Å². The molecule has 38 heavy (non-hydrogen) atoms. The number of carbonyl (C=O) groups is 1. The molecule has 0 amide bonds. The second-order valence-electron chi connectivity index (χ2n) is 8.59. The summed E-state index contributed by atoms with van der Waals surface area (Å²) in [5.41, 5.74) is 0.523. The van der Waals surface area contributed by atoms with Crippen molar-refractivity contribution in [3.05, 3.63) is 99.6 Å². The molecule has 1 aliphatic rings. The van der Waals surface area contributed by atoms with Crippen molar-refractivity contribution in [3.8, 4) is 11.5 Å². The van der Waals surface area contributed by atoms with Gasteiger partial charge in [0.15, 0.2) is 11.5 Å². The van der Waals surface area contributed by atoms with E-state index in [9.17, 15) is 22.4 Å². The fraction of sp³-hybridized carbons (Fsp3) is 0.185. The number of rotatable bonds is 7. The summed E-state index contributed by atoms with van der Waals surface area (Å²) in [6.07, 6.45) is 0. The predicted octanol–water partition coefficient (Wildman–Crippen LogP) is 3.62. The van der Waals surface area contributed by atoms with E-state index in [0.29, 0.717) is 41.2 Å². The van der Waals surface area contributed by atoms with Crippen LogP contribution in [0, 0.1) is 5.82 Å². The molecule has 3 aromatic carbocycles. The van der Waals surface area contributed by atoms with E-state index in [1.807, 2.05) is 0 Å². The fourth-order valence-corrected chi connectivity index (χ4v) is 5.81. The topological polar surface area (TPSA) is 115 Å². The Hall–Kier alpha value is -4.22. The van der Waals surface area contributed by atoms with Crippen LogP contribution in [-0.4, -0.2) is 44.0 Å². The van der Waals surface area contributed by atoms with Crippen LogP contribution in [-0.2, 0) is 27.8 Å². The molecular formula is C27H23FN2O7S. The van der Waals surface area contributed by atoms with Crippen LogP contribution >= 0.6 is 0 Å². The molecule has 9 nitrogen and oxygen atoms in total. The van der Waals surface area contributed by atoms with Gasteiger partial charge in [0, 0.05) is 30.1 Å². The molecule has 1 aliphatic heterocycles. The van der Waals surface area contributed by atoms with E-state index in [4.69, 9.17) is 14.2 Å². The number of esters is 1. The summed E-state index contributed by atoms with van der Waals surface area (Å²) in [5, 5.41) is 0.623. The van der Waals surface area contributed by atoms with Gasteiger partial charge in [-0.3, -0.25) is 4.79 Å². The summed E-state index contributed by atoms with van der Waals surface area (Å²) < 4.78 is 58.4. The van der Waals surface area contributed by atoms with Gasteiger partial charge in [-0.25, -0.2) is 17.6 Å². The van der Waals surface area contributed by atoms with Crippen LogP contribution in [0.15, 0.2) is 76.4 Å². The smallest absolute Gasteiger partial charge is 0.339 e. The molecule has 0 saturated carbocycles. The van der Waals surface area contributed by atoms with Crippen molar-refractivity contribution in [1.82, 2.24) is 9.29 Å². The Kier molecular flexibility index (Phi) is 6.87. The van der Waals surface area contributed by atoms with Crippen molar-refractivity contribution in [1.29, 1.82) is 0 Å². The first-order valence-electron chi connectivity index (χ1n) is 11.6. The molecule has 1 N–H and O–H groups in total. The second kappa shape index (κ2) is 10.3. The molecule has 0 fully saturated rings. The minimum Gasteiger partial charge on any atom is -0.486 e. The van der Waals surface area contributed by atoms with E-state index in [0.717, 1.165) is 11.4 Å².